The average molecular weight is 362 g/mol. The molecule has 1 aliphatic rings. The van der Waals surface area contributed by atoms with Crippen molar-refractivity contribution >= 4 is 18.4 Å². The number of hydrogen-bond donors (Lipinski definition) is 0. The lowest BCUT2D eigenvalue weighted by Crippen LogP contribution is -2.24. The minimum absolute atomic E-state index is 0. The Morgan fingerprint density at radius 3 is 2.40 bits per heavy atom. The molecule has 0 aliphatic carbocycles. The minimum atomic E-state index is -0.171. The molecule has 0 saturated carbocycles. The molecule has 25 heavy (non-hydrogen) atoms. The van der Waals surface area contributed by atoms with Crippen molar-refractivity contribution in [3.63, 3.8) is 0 Å². The van der Waals surface area contributed by atoms with E-state index in [1.807, 2.05) is 42.5 Å². The maximum atomic E-state index is 12.3. The number of para-hydroxylation sites is 1. The number of carbonyl (C=O) groups is 1. The van der Waals surface area contributed by atoms with Gasteiger partial charge in [-0.2, -0.15) is 0 Å². The van der Waals surface area contributed by atoms with Crippen LogP contribution in [0, 0.1) is 5.92 Å². The molecule has 4 nitrogen and oxygen atoms in total. The van der Waals surface area contributed by atoms with Crippen LogP contribution in [0.1, 0.15) is 17.0 Å². The Balaban J connectivity index is 0.00000225. The van der Waals surface area contributed by atoms with Gasteiger partial charge in [0.2, 0.25) is 0 Å². The summed E-state index contributed by atoms with van der Waals surface area (Å²) in [6.45, 7) is 2.35. The lowest BCUT2D eigenvalue weighted by Gasteiger charge is -2.19. The summed E-state index contributed by atoms with van der Waals surface area (Å²) in [5, 5.41) is 0. The molecule has 3 rings (SSSR count). The molecule has 2 aromatic carbocycles. The van der Waals surface area contributed by atoms with Crippen LogP contribution < -0.4 is 4.74 Å². The van der Waals surface area contributed by atoms with Gasteiger partial charge in [-0.3, -0.25) is 9.69 Å². The fourth-order valence-corrected chi connectivity index (χ4v) is 3.53. The molecule has 2 aromatic rings. The Kier molecular flexibility index (Phi) is 6.85. The molecule has 5 heteroatoms. The standard InChI is InChI=1S/C20H23NO3.ClH/c1-23-19-11-7-6-10-16(19)17-13-21(14-18(17)20(22)24-2)12-15-8-4-3-5-9-15;/h3-11,17-18H,12-14H2,1-2H3;1H/t17-,18-;/m0./s1. The van der Waals surface area contributed by atoms with E-state index in [9.17, 15) is 4.79 Å². The van der Waals surface area contributed by atoms with E-state index in [0.29, 0.717) is 6.54 Å². The molecule has 0 amide bonds. The lowest BCUT2D eigenvalue weighted by molar-refractivity contribution is -0.145. The minimum Gasteiger partial charge on any atom is -0.496 e. The van der Waals surface area contributed by atoms with Crippen LogP contribution in [0.25, 0.3) is 0 Å². The van der Waals surface area contributed by atoms with Crippen LogP contribution in [0.15, 0.2) is 54.6 Å². The van der Waals surface area contributed by atoms with Gasteiger partial charge < -0.3 is 9.47 Å². The first-order valence-electron chi connectivity index (χ1n) is 8.20. The van der Waals surface area contributed by atoms with Gasteiger partial charge in [-0.25, -0.2) is 0 Å². The van der Waals surface area contributed by atoms with E-state index in [2.05, 4.69) is 17.0 Å². The number of benzene rings is 2. The molecular weight excluding hydrogens is 338 g/mol. The maximum absolute atomic E-state index is 12.3. The normalized spacial score (nSPS) is 19.9. The zero-order valence-corrected chi connectivity index (χ0v) is 15.4. The number of nitrogens with zero attached hydrogens (tertiary/aromatic N) is 1. The predicted octanol–water partition coefficient (Wildman–Crippen LogP) is 3.51. The van der Waals surface area contributed by atoms with E-state index in [1.54, 1.807) is 7.11 Å². The molecule has 134 valence electrons. The second-order valence-electron chi connectivity index (χ2n) is 6.16. The van der Waals surface area contributed by atoms with Crippen molar-refractivity contribution in [2.45, 2.75) is 12.5 Å². The van der Waals surface area contributed by atoms with Gasteiger partial charge in [-0.05, 0) is 17.2 Å². The molecular formula is C20H24ClNO3. The molecule has 1 heterocycles. The van der Waals surface area contributed by atoms with Crippen molar-refractivity contribution < 1.29 is 14.3 Å². The third-order valence-corrected chi connectivity index (χ3v) is 4.69. The summed E-state index contributed by atoms with van der Waals surface area (Å²) >= 11 is 0. The molecule has 0 N–H and O–H groups in total. The summed E-state index contributed by atoms with van der Waals surface area (Å²) in [5.74, 6) is 0.590. The molecule has 1 aliphatic heterocycles. The molecule has 0 unspecified atom stereocenters. The summed E-state index contributed by atoms with van der Waals surface area (Å²) in [6.07, 6.45) is 0. The zero-order valence-electron chi connectivity index (χ0n) is 14.6. The average Bonchev–Trinajstić information content (AvgIpc) is 3.05. The van der Waals surface area contributed by atoms with Crippen molar-refractivity contribution in [1.29, 1.82) is 0 Å². The van der Waals surface area contributed by atoms with Gasteiger partial charge in [-0.15, -0.1) is 12.4 Å². The summed E-state index contributed by atoms with van der Waals surface area (Å²) in [7, 11) is 3.13. The first kappa shape index (κ1) is 19.3. The van der Waals surface area contributed by atoms with Crippen molar-refractivity contribution in [3.8, 4) is 5.75 Å². The van der Waals surface area contributed by atoms with Crippen LogP contribution in [0.5, 0.6) is 5.75 Å². The van der Waals surface area contributed by atoms with Gasteiger partial charge in [0.15, 0.2) is 0 Å². The smallest absolute Gasteiger partial charge is 0.310 e. The van der Waals surface area contributed by atoms with Crippen molar-refractivity contribution in [2.24, 2.45) is 5.92 Å². The highest BCUT2D eigenvalue weighted by atomic mass is 35.5. The van der Waals surface area contributed by atoms with Crippen LogP contribution >= 0.6 is 12.4 Å². The number of halogens is 1. The van der Waals surface area contributed by atoms with E-state index in [-0.39, 0.29) is 30.2 Å². The van der Waals surface area contributed by atoms with Crippen molar-refractivity contribution in [2.75, 3.05) is 27.3 Å². The van der Waals surface area contributed by atoms with Crippen molar-refractivity contribution in [1.82, 2.24) is 4.90 Å². The van der Waals surface area contributed by atoms with Crippen LogP contribution in [-0.2, 0) is 16.1 Å². The molecule has 0 aromatic heterocycles. The van der Waals surface area contributed by atoms with E-state index in [4.69, 9.17) is 9.47 Å². The molecule has 1 fully saturated rings. The monoisotopic (exact) mass is 361 g/mol. The molecule has 0 spiro atoms. The maximum Gasteiger partial charge on any atom is 0.310 e. The predicted molar refractivity (Wildman–Crippen MR) is 100 cm³/mol. The van der Waals surface area contributed by atoms with Gasteiger partial charge in [0.05, 0.1) is 20.1 Å². The Morgan fingerprint density at radius 1 is 1.04 bits per heavy atom. The number of esters is 1. The number of methoxy groups -OCH3 is 2. The van der Waals surface area contributed by atoms with E-state index in [0.717, 1.165) is 24.4 Å². The highest BCUT2D eigenvalue weighted by Crippen LogP contribution is 2.38. The topological polar surface area (TPSA) is 38.8 Å². The third-order valence-electron chi connectivity index (χ3n) is 4.69. The fourth-order valence-electron chi connectivity index (χ4n) is 3.53. The molecule has 2 atom stereocenters. The van der Waals surface area contributed by atoms with Gasteiger partial charge in [-0.1, -0.05) is 48.5 Å². The summed E-state index contributed by atoms with van der Waals surface area (Å²) in [4.78, 5) is 14.6. The number of carbonyl (C=O) groups excluding carboxylic acids is 1. The van der Waals surface area contributed by atoms with Crippen LogP contribution in [0.2, 0.25) is 0 Å². The first-order valence-corrected chi connectivity index (χ1v) is 8.20. The fraction of sp³-hybridized carbons (Fsp3) is 0.350. The van der Waals surface area contributed by atoms with Gasteiger partial charge in [0.1, 0.15) is 5.75 Å². The number of rotatable bonds is 5. The highest BCUT2D eigenvalue weighted by molar-refractivity contribution is 5.85. The van der Waals surface area contributed by atoms with Crippen molar-refractivity contribution in [3.05, 3.63) is 65.7 Å². The number of likely N-dealkylation sites (tertiary alicyclic amines) is 1. The SMILES string of the molecule is COC(=O)[C@H]1CN(Cc2ccccc2)C[C@H]1c1ccccc1OC.Cl. The first-order chi connectivity index (χ1) is 11.7. The second kappa shape index (κ2) is 8.88. The Hall–Kier alpha value is -2.04. The Morgan fingerprint density at radius 2 is 1.72 bits per heavy atom. The zero-order chi connectivity index (χ0) is 16.9. The number of hydrogen-bond acceptors (Lipinski definition) is 4. The highest BCUT2D eigenvalue weighted by Gasteiger charge is 2.40. The summed E-state index contributed by atoms with van der Waals surface area (Å²) in [5.41, 5.74) is 2.33. The summed E-state index contributed by atoms with van der Waals surface area (Å²) in [6, 6.07) is 18.3. The van der Waals surface area contributed by atoms with Crippen LogP contribution in [0.4, 0.5) is 0 Å². The second-order valence-corrected chi connectivity index (χ2v) is 6.16. The van der Waals surface area contributed by atoms with E-state index in [1.165, 1.54) is 12.7 Å². The van der Waals surface area contributed by atoms with Crippen LogP contribution in [0.3, 0.4) is 0 Å². The third kappa shape index (κ3) is 4.33. The lowest BCUT2D eigenvalue weighted by atomic mass is 9.88. The van der Waals surface area contributed by atoms with E-state index >= 15 is 0 Å². The largest absolute Gasteiger partial charge is 0.496 e. The van der Waals surface area contributed by atoms with Gasteiger partial charge >= 0.3 is 5.97 Å². The van der Waals surface area contributed by atoms with Gasteiger partial charge in [0, 0.05) is 25.6 Å². The molecule has 0 radical (unpaired) electrons. The molecule has 1 saturated heterocycles. The molecule has 0 bridgehead atoms. The Labute approximate surface area is 155 Å². The Bertz CT molecular complexity index is 692. The quantitative estimate of drug-likeness (QED) is 0.764. The van der Waals surface area contributed by atoms with E-state index < -0.39 is 0 Å². The summed E-state index contributed by atoms with van der Waals surface area (Å²) < 4.78 is 10.6. The van der Waals surface area contributed by atoms with Crippen LogP contribution in [-0.4, -0.2) is 38.2 Å². The number of ether oxygens (including phenoxy) is 2. The van der Waals surface area contributed by atoms with Gasteiger partial charge in [0.25, 0.3) is 0 Å².